The van der Waals surface area contributed by atoms with E-state index in [-0.39, 0.29) is 18.3 Å². The molecule has 0 N–H and O–H groups in total. The van der Waals surface area contributed by atoms with Gasteiger partial charge in [0.05, 0.1) is 11.2 Å². The van der Waals surface area contributed by atoms with E-state index in [9.17, 15) is 0 Å². The maximum absolute atomic E-state index is 6.03. The molecule has 0 atom stereocenters. The minimum Gasteiger partial charge on any atom is -0.400 e. The standard InChI is InChI=1S/C21H25BO2/c1-16-17(12-9-13-19(16)18-10-7-6-8-11-18)14-15-22-23-20(2,3)21(4,5)24-22/h6-15H,1-5H3. The molecule has 2 aromatic rings. The summed E-state index contributed by atoms with van der Waals surface area (Å²) in [6, 6.07) is 16.9. The fraction of sp³-hybridized carbons (Fsp3) is 0.333. The van der Waals surface area contributed by atoms with Crippen molar-refractivity contribution in [1.29, 1.82) is 0 Å². The van der Waals surface area contributed by atoms with Crippen molar-refractivity contribution in [3.8, 4) is 11.1 Å². The lowest BCUT2D eigenvalue weighted by Gasteiger charge is -2.32. The van der Waals surface area contributed by atoms with Crippen molar-refractivity contribution < 1.29 is 9.31 Å². The predicted molar refractivity (Wildman–Crippen MR) is 102 cm³/mol. The molecule has 0 bridgehead atoms. The third kappa shape index (κ3) is 3.19. The van der Waals surface area contributed by atoms with E-state index in [0.29, 0.717) is 0 Å². The van der Waals surface area contributed by atoms with E-state index in [4.69, 9.17) is 9.31 Å². The summed E-state index contributed by atoms with van der Waals surface area (Å²) in [6.07, 6.45) is 2.10. The zero-order valence-electron chi connectivity index (χ0n) is 15.2. The summed E-state index contributed by atoms with van der Waals surface area (Å²) in [4.78, 5) is 0. The number of rotatable bonds is 3. The van der Waals surface area contributed by atoms with E-state index in [0.717, 1.165) is 0 Å². The summed E-state index contributed by atoms with van der Waals surface area (Å²) in [5.41, 5.74) is 4.33. The van der Waals surface area contributed by atoms with Crippen molar-refractivity contribution in [1.82, 2.24) is 0 Å². The van der Waals surface area contributed by atoms with E-state index >= 15 is 0 Å². The monoisotopic (exact) mass is 320 g/mol. The average molecular weight is 320 g/mol. The van der Waals surface area contributed by atoms with Crippen molar-refractivity contribution >= 4 is 13.2 Å². The summed E-state index contributed by atoms with van der Waals surface area (Å²) in [7, 11) is -0.310. The van der Waals surface area contributed by atoms with Crippen LogP contribution in [0.1, 0.15) is 38.8 Å². The normalized spacial score (nSPS) is 19.1. The van der Waals surface area contributed by atoms with Crippen molar-refractivity contribution in [2.75, 3.05) is 0 Å². The Morgan fingerprint density at radius 1 is 0.833 bits per heavy atom. The van der Waals surface area contributed by atoms with Crippen molar-refractivity contribution in [2.45, 2.75) is 45.8 Å². The third-order valence-corrected chi connectivity index (χ3v) is 5.16. The SMILES string of the molecule is Cc1c(C=CB2OC(C)(C)C(C)(C)O2)cccc1-c1ccccc1. The molecule has 2 nitrogen and oxygen atoms in total. The van der Waals surface area contributed by atoms with Gasteiger partial charge in [0.25, 0.3) is 0 Å². The molecule has 124 valence electrons. The molecular formula is C21H25BO2. The molecule has 1 saturated heterocycles. The van der Waals surface area contributed by atoms with Crippen LogP contribution in [-0.2, 0) is 9.31 Å². The fourth-order valence-electron chi connectivity index (χ4n) is 2.91. The van der Waals surface area contributed by atoms with Gasteiger partial charge in [-0.2, -0.15) is 0 Å². The number of benzene rings is 2. The molecular weight excluding hydrogens is 295 g/mol. The van der Waals surface area contributed by atoms with Gasteiger partial charge in [-0.1, -0.05) is 60.6 Å². The lowest BCUT2D eigenvalue weighted by molar-refractivity contribution is 0.00578. The smallest absolute Gasteiger partial charge is 0.400 e. The summed E-state index contributed by atoms with van der Waals surface area (Å²) in [6.45, 7) is 10.4. The Morgan fingerprint density at radius 3 is 2.08 bits per heavy atom. The van der Waals surface area contributed by atoms with E-state index in [2.05, 4.69) is 83.2 Å². The number of hydrogen-bond acceptors (Lipinski definition) is 2. The van der Waals surface area contributed by atoms with Crippen LogP contribution in [0.4, 0.5) is 0 Å². The molecule has 0 spiro atoms. The Hall–Kier alpha value is -1.84. The van der Waals surface area contributed by atoms with Crippen LogP contribution in [0.15, 0.2) is 54.5 Å². The van der Waals surface area contributed by atoms with E-state index in [1.807, 2.05) is 12.0 Å². The second kappa shape index (κ2) is 6.23. The molecule has 0 amide bonds. The average Bonchev–Trinajstić information content (AvgIpc) is 2.74. The van der Waals surface area contributed by atoms with E-state index in [1.54, 1.807) is 0 Å². The van der Waals surface area contributed by atoms with Crippen LogP contribution in [0.25, 0.3) is 17.2 Å². The summed E-state index contributed by atoms with van der Waals surface area (Å²) >= 11 is 0. The van der Waals surface area contributed by atoms with Gasteiger partial charge >= 0.3 is 7.12 Å². The minimum absolute atomic E-state index is 0.303. The first kappa shape index (κ1) is 17.0. The molecule has 0 saturated carbocycles. The zero-order valence-corrected chi connectivity index (χ0v) is 15.2. The van der Waals surface area contributed by atoms with Crippen molar-refractivity contribution in [2.24, 2.45) is 0 Å². The fourth-order valence-corrected chi connectivity index (χ4v) is 2.91. The van der Waals surface area contributed by atoms with Gasteiger partial charge in [0.1, 0.15) is 0 Å². The molecule has 3 rings (SSSR count). The Balaban J connectivity index is 1.84. The topological polar surface area (TPSA) is 18.5 Å². The predicted octanol–water partition coefficient (Wildman–Crippen LogP) is 5.31. The van der Waals surface area contributed by atoms with Gasteiger partial charge in [0, 0.05) is 0 Å². The highest BCUT2D eigenvalue weighted by Gasteiger charge is 2.49. The van der Waals surface area contributed by atoms with Gasteiger partial charge in [0.15, 0.2) is 0 Å². The van der Waals surface area contributed by atoms with Crippen LogP contribution in [0.3, 0.4) is 0 Å². The van der Waals surface area contributed by atoms with E-state index < -0.39 is 0 Å². The molecule has 1 fully saturated rings. The molecule has 1 heterocycles. The van der Waals surface area contributed by atoms with Gasteiger partial charge in [-0.15, -0.1) is 0 Å². The zero-order chi connectivity index (χ0) is 17.4. The van der Waals surface area contributed by atoms with Crippen LogP contribution in [0.5, 0.6) is 0 Å². The summed E-state index contributed by atoms with van der Waals surface area (Å²) in [5.74, 6) is 2.01. The first-order valence-electron chi connectivity index (χ1n) is 8.49. The highest BCUT2D eigenvalue weighted by atomic mass is 16.7. The molecule has 2 aromatic carbocycles. The second-order valence-corrected chi connectivity index (χ2v) is 7.37. The first-order valence-corrected chi connectivity index (χ1v) is 8.49. The largest absolute Gasteiger partial charge is 0.487 e. The maximum Gasteiger partial charge on any atom is 0.487 e. The highest BCUT2D eigenvalue weighted by Crippen LogP contribution is 2.37. The molecule has 3 heteroatoms. The molecule has 0 aliphatic carbocycles. The lowest BCUT2D eigenvalue weighted by atomic mass is 9.87. The molecule has 1 aliphatic heterocycles. The Kier molecular flexibility index (Phi) is 4.41. The van der Waals surface area contributed by atoms with Crippen LogP contribution < -0.4 is 0 Å². The maximum atomic E-state index is 6.03. The van der Waals surface area contributed by atoms with E-state index in [1.165, 1.54) is 22.3 Å². The Bertz CT molecular complexity index is 732. The molecule has 0 unspecified atom stereocenters. The lowest BCUT2D eigenvalue weighted by Crippen LogP contribution is -2.41. The van der Waals surface area contributed by atoms with Crippen LogP contribution in [0.2, 0.25) is 0 Å². The second-order valence-electron chi connectivity index (χ2n) is 7.37. The molecule has 1 aliphatic rings. The van der Waals surface area contributed by atoms with Crippen molar-refractivity contribution in [3.05, 3.63) is 65.6 Å². The van der Waals surface area contributed by atoms with Crippen molar-refractivity contribution in [3.63, 3.8) is 0 Å². The quantitative estimate of drug-likeness (QED) is 0.714. The van der Waals surface area contributed by atoms with Gasteiger partial charge < -0.3 is 9.31 Å². The highest BCUT2D eigenvalue weighted by molar-refractivity contribution is 6.52. The minimum atomic E-state index is -0.310. The molecule has 0 radical (unpaired) electrons. The van der Waals surface area contributed by atoms with Gasteiger partial charge in [0.2, 0.25) is 0 Å². The molecule has 0 aromatic heterocycles. The van der Waals surface area contributed by atoms with Gasteiger partial charge in [-0.05, 0) is 56.9 Å². The van der Waals surface area contributed by atoms with Gasteiger partial charge in [-0.3, -0.25) is 0 Å². The Labute approximate surface area is 145 Å². The van der Waals surface area contributed by atoms with Gasteiger partial charge in [-0.25, -0.2) is 0 Å². The third-order valence-electron chi connectivity index (χ3n) is 5.16. The summed E-state index contributed by atoms with van der Waals surface area (Å²) in [5, 5.41) is 0. The number of hydrogen-bond donors (Lipinski definition) is 0. The summed E-state index contributed by atoms with van der Waals surface area (Å²) < 4.78 is 12.1. The Morgan fingerprint density at radius 2 is 1.46 bits per heavy atom. The molecule has 24 heavy (non-hydrogen) atoms. The van der Waals surface area contributed by atoms with Crippen LogP contribution in [-0.4, -0.2) is 18.3 Å². The van der Waals surface area contributed by atoms with Crippen LogP contribution in [0, 0.1) is 6.92 Å². The van der Waals surface area contributed by atoms with Crippen LogP contribution >= 0.6 is 0 Å². The first-order chi connectivity index (χ1) is 11.3.